The zero-order chi connectivity index (χ0) is 12.4. The predicted molar refractivity (Wildman–Crippen MR) is 68.0 cm³/mol. The summed E-state index contributed by atoms with van der Waals surface area (Å²) in [5.74, 6) is 0.971. The molecule has 3 heterocycles. The lowest BCUT2D eigenvalue weighted by atomic mass is 9.90. The quantitative estimate of drug-likeness (QED) is 0.865. The third-order valence-electron chi connectivity index (χ3n) is 4.01. The maximum atomic E-state index is 12.8. The van der Waals surface area contributed by atoms with Crippen molar-refractivity contribution in [2.75, 3.05) is 24.5 Å². The molecule has 2 atom stereocenters. The molecule has 0 aliphatic carbocycles. The van der Waals surface area contributed by atoms with Crippen LogP contribution in [0.3, 0.4) is 0 Å². The smallest absolute Gasteiger partial charge is 0.225 e. The van der Waals surface area contributed by atoms with Gasteiger partial charge in [0.15, 0.2) is 5.82 Å². The normalized spacial score (nSPS) is 28.6. The van der Waals surface area contributed by atoms with Crippen LogP contribution in [0.1, 0.15) is 25.7 Å². The molecule has 0 spiro atoms. The SMILES string of the molecule is Fc1cnc(N2CCCC(C3CCCN3)C2)nc1. The number of rotatable bonds is 2. The first-order valence-electron chi connectivity index (χ1n) is 6.79. The van der Waals surface area contributed by atoms with Crippen molar-refractivity contribution in [1.82, 2.24) is 15.3 Å². The molecule has 2 aliphatic heterocycles. The fraction of sp³-hybridized carbons (Fsp3) is 0.692. The monoisotopic (exact) mass is 250 g/mol. The van der Waals surface area contributed by atoms with Crippen molar-refractivity contribution in [1.29, 1.82) is 0 Å². The van der Waals surface area contributed by atoms with Crippen molar-refractivity contribution in [3.63, 3.8) is 0 Å². The number of piperidine rings is 1. The summed E-state index contributed by atoms with van der Waals surface area (Å²) < 4.78 is 12.8. The average Bonchev–Trinajstić information content (AvgIpc) is 2.94. The minimum atomic E-state index is -0.371. The number of aromatic nitrogens is 2. The zero-order valence-electron chi connectivity index (χ0n) is 10.5. The zero-order valence-corrected chi connectivity index (χ0v) is 10.5. The van der Waals surface area contributed by atoms with Crippen LogP contribution in [0, 0.1) is 11.7 Å². The van der Waals surface area contributed by atoms with E-state index in [1.807, 2.05) is 0 Å². The second kappa shape index (κ2) is 5.18. The summed E-state index contributed by atoms with van der Waals surface area (Å²) >= 11 is 0. The molecule has 0 bridgehead atoms. The molecule has 5 heteroatoms. The Morgan fingerprint density at radius 2 is 2.06 bits per heavy atom. The van der Waals surface area contributed by atoms with Crippen LogP contribution < -0.4 is 10.2 Å². The molecule has 1 aromatic heterocycles. The van der Waals surface area contributed by atoms with E-state index in [4.69, 9.17) is 0 Å². The molecule has 98 valence electrons. The standard InChI is InChI=1S/C13H19FN4/c14-11-7-16-13(17-8-11)18-6-2-3-10(9-18)12-4-1-5-15-12/h7-8,10,12,15H,1-6,9H2. The first-order valence-corrected chi connectivity index (χ1v) is 6.79. The van der Waals surface area contributed by atoms with Gasteiger partial charge in [-0.15, -0.1) is 0 Å². The molecular weight excluding hydrogens is 231 g/mol. The molecule has 18 heavy (non-hydrogen) atoms. The molecule has 2 unspecified atom stereocenters. The van der Waals surface area contributed by atoms with Gasteiger partial charge < -0.3 is 10.2 Å². The Kier molecular flexibility index (Phi) is 3.41. The van der Waals surface area contributed by atoms with Gasteiger partial charge in [0.2, 0.25) is 5.95 Å². The van der Waals surface area contributed by atoms with Gasteiger partial charge in [-0.2, -0.15) is 0 Å². The molecule has 0 aromatic carbocycles. The van der Waals surface area contributed by atoms with E-state index in [0.29, 0.717) is 17.9 Å². The molecule has 4 nitrogen and oxygen atoms in total. The number of hydrogen-bond acceptors (Lipinski definition) is 4. The Bertz CT molecular complexity index is 388. The number of nitrogens with zero attached hydrogens (tertiary/aromatic N) is 3. The van der Waals surface area contributed by atoms with Gasteiger partial charge >= 0.3 is 0 Å². The van der Waals surface area contributed by atoms with Crippen LogP contribution in [0.25, 0.3) is 0 Å². The number of nitrogens with one attached hydrogen (secondary N) is 1. The summed E-state index contributed by atoms with van der Waals surface area (Å²) in [6.07, 6.45) is 7.51. The Labute approximate surface area is 107 Å². The van der Waals surface area contributed by atoms with Crippen LogP contribution in [0.2, 0.25) is 0 Å². The number of anilines is 1. The van der Waals surface area contributed by atoms with Gasteiger partial charge in [0.05, 0.1) is 12.4 Å². The van der Waals surface area contributed by atoms with Gasteiger partial charge in [0.25, 0.3) is 0 Å². The van der Waals surface area contributed by atoms with Crippen LogP contribution in [-0.4, -0.2) is 35.6 Å². The largest absolute Gasteiger partial charge is 0.340 e. The maximum absolute atomic E-state index is 12.8. The number of hydrogen-bond donors (Lipinski definition) is 1. The molecule has 1 aromatic rings. The van der Waals surface area contributed by atoms with Crippen molar-refractivity contribution in [2.45, 2.75) is 31.7 Å². The summed E-state index contributed by atoms with van der Waals surface area (Å²) in [5.41, 5.74) is 0. The highest BCUT2D eigenvalue weighted by Gasteiger charge is 2.29. The van der Waals surface area contributed by atoms with Crippen LogP contribution in [0.4, 0.5) is 10.3 Å². The van der Waals surface area contributed by atoms with Gasteiger partial charge in [-0.1, -0.05) is 0 Å². The van der Waals surface area contributed by atoms with Gasteiger partial charge in [-0.25, -0.2) is 14.4 Å². The summed E-state index contributed by atoms with van der Waals surface area (Å²) in [6.45, 7) is 3.12. The minimum absolute atomic E-state index is 0.371. The van der Waals surface area contributed by atoms with E-state index >= 15 is 0 Å². The first kappa shape index (κ1) is 11.8. The van der Waals surface area contributed by atoms with Crippen molar-refractivity contribution in [2.24, 2.45) is 5.92 Å². The van der Waals surface area contributed by atoms with Crippen LogP contribution in [0.15, 0.2) is 12.4 Å². The lowest BCUT2D eigenvalue weighted by molar-refractivity contribution is 0.326. The Hall–Kier alpha value is -1.23. The van der Waals surface area contributed by atoms with E-state index < -0.39 is 0 Å². The van der Waals surface area contributed by atoms with E-state index in [9.17, 15) is 4.39 Å². The second-order valence-corrected chi connectivity index (χ2v) is 5.25. The van der Waals surface area contributed by atoms with Gasteiger partial charge in [0, 0.05) is 19.1 Å². The van der Waals surface area contributed by atoms with Gasteiger partial charge in [-0.05, 0) is 38.1 Å². The molecule has 0 amide bonds. The summed E-state index contributed by atoms with van der Waals surface area (Å²) in [5, 5.41) is 3.58. The van der Waals surface area contributed by atoms with Gasteiger partial charge in [-0.3, -0.25) is 0 Å². The fourth-order valence-corrected chi connectivity index (χ4v) is 3.10. The Balaban J connectivity index is 1.67. The first-order chi connectivity index (χ1) is 8.83. The molecular formula is C13H19FN4. The Morgan fingerprint density at radius 3 is 2.78 bits per heavy atom. The maximum Gasteiger partial charge on any atom is 0.225 e. The molecule has 0 radical (unpaired) electrons. The molecule has 2 aliphatic rings. The molecule has 2 saturated heterocycles. The highest BCUT2D eigenvalue weighted by atomic mass is 19.1. The third kappa shape index (κ3) is 2.46. The van der Waals surface area contributed by atoms with Crippen molar-refractivity contribution >= 4 is 5.95 Å². The van der Waals surface area contributed by atoms with Crippen molar-refractivity contribution < 1.29 is 4.39 Å². The summed E-state index contributed by atoms with van der Waals surface area (Å²) in [7, 11) is 0. The van der Waals surface area contributed by atoms with Crippen molar-refractivity contribution in [3.05, 3.63) is 18.2 Å². The van der Waals surface area contributed by atoms with Crippen molar-refractivity contribution in [3.8, 4) is 0 Å². The fourth-order valence-electron chi connectivity index (χ4n) is 3.10. The van der Waals surface area contributed by atoms with Crippen LogP contribution >= 0.6 is 0 Å². The molecule has 0 saturated carbocycles. The molecule has 3 rings (SSSR count). The Morgan fingerprint density at radius 1 is 1.22 bits per heavy atom. The minimum Gasteiger partial charge on any atom is -0.340 e. The highest BCUT2D eigenvalue weighted by Crippen LogP contribution is 2.26. The van der Waals surface area contributed by atoms with Gasteiger partial charge in [0.1, 0.15) is 0 Å². The van der Waals surface area contributed by atoms with Crippen LogP contribution in [0.5, 0.6) is 0 Å². The van der Waals surface area contributed by atoms with E-state index in [1.54, 1.807) is 0 Å². The lowest BCUT2D eigenvalue weighted by Crippen LogP contribution is -2.44. The highest BCUT2D eigenvalue weighted by molar-refractivity contribution is 5.29. The lowest BCUT2D eigenvalue weighted by Gasteiger charge is -2.35. The van der Waals surface area contributed by atoms with E-state index in [2.05, 4.69) is 20.2 Å². The topological polar surface area (TPSA) is 41.1 Å². The third-order valence-corrected chi connectivity index (χ3v) is 4.01. The molecule has 1 N–H and O–H groups in total. The predicted octanol–water partition coefficient (Wildman–Crippen LogP) is 1.58. The van der Waals surface area contributed by atoms with E-state index in [1.165, 1.54) is 38.1 Å². The van der Waals surface area contributed by atoms with Crippen LogP contribution in [-0.2, 0) is 0 Å². The van der Waals surface area contributed by atoms with E-state index in [-0.39, 0.29) is 5.82 Å². The molecule has 2 fully saturated rings. The summed E-state index contributed by atoms with van der Waals surface area (Å²) in [6, 6.07) is 0.647. The second-order valence-electron chi connectivity index (χ2n) is 5.25. The van der Waals surface area contributed by atoms with E-state index in [0.717, 1.165) is 19.6 Å². The summed E-state index contributed by atoms with van der Waals surface area (Å²) in [4.78, 5) is 10.4. The average molecular weight is 250 g/mol. The number of halogens is 1.